The summed E-state index contributed by atoms with van der Waals surface area (Å²) >= 11 is 1.71. The van der Waals surface area contributed by atoms with Gasteiger partial charge in [0.2, 0.25) is 0 Å². The predicted molar refractivity (Wildman–Crippen MR) is 65.9 cm³/mol. The molecule has 0 saturated carbocycles. The van der Waals surface area contributed by atoms with E-state index in [4.69, 9.17) is 4.74 Å². The number of rotatable bonds is 1. The molecule has 80 valence electrons. The third-order valence-corrected chi connectivity index (χ3v) is 3.96. The highest BCUT2D eigenvalue weighted by atomic mass is 32.1. The molecule has 0 atom stereocenters. The molecule has 1 aromatic carbocycles. The lowest BCUT2D eigenvalue weighted by Gasteiger charge is -2.13. The van der Waals surface area contributed by atoms with Crippen molar-refractivity contribution in [2.45, 2.75) is 6.92 Å². The minimum absolute atomic E-state index is 0.0350. The lowest BCUT2D eigenvalue weighted by molar-refractivity contribution is 0.104. The van der Waals surface area contributed by atoms with Crippen LogP contribution in [0.25, 0.3) is 15.8 Å². The summed E-state index contributed by atoms with van der Waals surface area (Å²) in [6, 6.07) is 5.86. The van der Waals surface area contributed by atoms with E-state index in [-0.39, 0.29) is 5.78 Å². The number of aryl methyl sites for hydroxylation is 1. The Labute approximate surface area is 97.2 Å². The molecule has 1 aliphatic carbocycles. The average molecular weight is 230 g/mol. The first-order valence-electron chi connectivity index (χ1n) is 5.05. The molecule has 0 radical (unpaired) electrons. The minimum atomic E-state index is 0.0350. The Hall–Kier alpha value is -1.61. The Morgan fingerprint density at radius 1 is 1.31 bits per heavy atom. The van der Waals surface area contributed by atoms with E-state index in [1.807, 2.05) is 18.2 Å². The van der Waals surface area contributed by atoms with E-state index >= 15 is 0 Å². The maximum Gasteiger partial charge on any atom is 0.190 e. The van der Waals surface area contributed by atoms with E-state index in [2.05, 4.69) is 6.92 Å². The van der Waals surface area contributed by atoms with Gasteiger partial charge in [-0.15, -0.1) is 11.3 Å². The molecule has 0 unspecified atom stereocenters. The maximum atomic E-state index is 11.9. The van der Waals surface area contributed by atoms with Crippen molar-refractivity contribution in [3.05, 3.63) is 40.3 Å². The molecule has 3 rings (SSSR count). The second-order valence-electron chi connectivity index (χ2n) is 3.79. The van der Waals surface area contributed by atoms with Crippen molar-refractivity contribution in [2.24, 2.45) is 0 Å². The van der Waals surface area contributed by atoms with Crippen molar-refractivity contribution in [1.82, 2.24) is 0 Å². The van der Waals surface area contributed by atoms with Gasteiger partial charge in [0.1, 0.15) is 5.76 Å². The zero-order valence-corrected chi connectivity index (χ0v) is 9.85. The van der Waals surface area contributed by atoms with E-state index in [0.717, 1.165) is 21.2 Å². The number of ketones is 1. The summed E-state index contributed by atoms with van der Waals surface area (Å²) in [5.74, 6) is 0.722. The number of carbonyl (C=O) groups is 1. The first-order chi connectivity index (χ1) is 7.72. The fourth-order valence-corrected chi connectivity index (χ4v) is 3.29. The summed E-state index contributed by atoms with van der Waals surface area (Å²) in [5, 5.41) is 1.05. The summed E-state index contributed by atoms with van der Waals surface area (Å²) in [6.07, 6.45) is 1.58. The maximum absolute atomic E-state index is 11.9. The second-order valence-corrected chi connectivity index (χ2v) is 5.05. The Kier molecular flexibility index (Phi) is 1.91. The van der Waals surface area contributed by atoms with E-state index < -0.39 is 0 Å². The topological polar surface area (TPSA) is 26.3 Å². The zero-order valence-electron chi connectivity index (χ0n) is 9.03. The van der Waals surface area contributed by atoms with Crippen molar-refractivity contribution in [3.63, 3.8) is 0 Å². The Morgan fingerprint density at radius 2 is 2.12 bits per heavy atom. The predicted octanol–water partition coefficient (Wildman–Crippen LogP) is 3.39. The van der Waals surface area contributed by atoms with Crippen LogP contribution in [0.5, 0.6) is 0 Å². The molecule has 0 N–H and O–H groups in total. The molecule has 1 aliphatic rings. The number of ether oxygens (including phenoxy) is 1. The van der Waals surface area contributed by atoms with Gasteiger partial charge in [0, 0.05) is 32.2 Å². The Bertz CT molecular complexity index is 635. The molecule has 16 heavy (non-hydrogen) atoms. The highest BCUT2D eigenvalue weighted by Crippen LogP contribution is 2.40. The molecule has 0 bridgehead atoms. The van der Waals surface area contributed by atoms with Gasteiger partial charge >= 0.3 is 0 Å². The summed E-state index contributed by atoms with van der Waals surface area (Å²) in [7, 11) is 1.61. The SMILES string of the molecule is COC1=CC(=O)c2cccc3sc(C)c1c23. The van der Waals surface area contributed by atoms with Gasteiger partial charge in [0.15, 0.2) is 5.78 Å². The van der Waals surface area contributed by atoms with Gasteiger partial charge < -0.3 is 4.74 Å². The van der Waals surface area contributed by atoms with Crippen LogP contribution in [0.4, 0.5) is 0 Å². The van der Waals surface area contributed by atoms with Crippen LogP contribution in [-0.2, 0) is 4.74 Å². The van der Waals surface area contributed by atoms with Gasteiger partial charge in [-0.05, 0) is 13.0 Å². The van der Waals surface area contributed by atoms with E-state index in [1.54, 1.807) is 24.5 Å². The number of hydrogen-bond acceptors (Lipinski definition) is 3. The van der Waals surface area contributed by atoms with Gasteiger partial charge in [-0.2, -0.15) is 0 Å². The molecule has 0 fully saturated rings. The highest BCUT2D eigenvalue weighted by molar-refractivity contribution is 7.19. The average Bonchev–Trinajstić information content (AvgIpc) is 2.61. The van der Waals surface area contributed by atoms with Crippen LogP contribution in [0.15, 0.2) is 24.3 Å². The smallest absolute Gasteiger partial charge is 0.190 e. The lowest BCUT2D eigenvalue weighted by atomic mass is 9.95. The van der Waals surface area contributed by atoms with E-state index in [9.17, 15) is 4.79 Å². The summed E-state index contributed by atoms with van der Waals surface area (Å²) < 4.78 is 6.45. The normalized spacial score (nSPS) is 14.1. The monoisotopic (exact) mass is 230 g/mol. The van der Waals surface area contributed by atoms with Gasteiger partial charge in [-0.1, -0.05) is 12.1 Å². The van der Waals surface area contributed by atoms with Crippen molar-refractivity contribution in [2.75, 3.05) is 7.11 Å². The standard InChI is InChI=1S/C13H10O2S/c1-7-12-10(15-2)6-9(14)8-4-3-5-11(16-7)13(8)12/h3-6H,1-2H3. The third kappa shape index (κ3) is 1.09. The van der Waals surface area contributed by atoms with Gasteiger partial charge in [0.05, 0.1) is 7.11 Å². The van der Waals surface area contributed by atoms with Gasteiger partial charge in [-0.3, -0.25) is 4.79 Å². The molecule has 2 nitrogen and oxygen atoms in total. The van der Waals surface area contributed by atoms with Crippen molar-refractivity contribution >= 4 is 33.0 Å². The quantitative estimate of drug-likeness (QED) is 0.750. The summed E-state index contributed by atoms with van der Waals surface area (Å²) in [4.78, 5) is 13.1. The van der Waals surface area contributed by atoms with Crippen LogP contribution in [-0.4, -0.2) is 12.9 Å². The second kappa shape index (κ2) is 3.19. The Balaban J connectivity index is 2.50. The summed E-state index contributed by atoms with van der Waals surface area (Å²) in [5.41, 5.74) is 1.87. The molecule has 0 spiro atoms. The number of allylic oxidation sites excluding steroid dienone is 1. The third-order valence-electron chi connectivity index (χ3n) is 2.89. The first-order valence-corrected chi connectivity index (χ1v) is 5.86. The lowest BCUT2D eigenvalue weighted by Crippen LogP contribution is -2.05. The molecule has 1 heterocycles. The fourth-order valence-electron chi connectivity index (χ4n) is 2.20. The number of carbonyl (C=O) groups excluding carboxylic acids is 1. The molecule has 0 aliphatic heterocycles. The number of hydrogen-bond donors (Lipinski definition) is 0. The number of benzene rings is 1. The molecule has 1 aromatic heterocycles. The highest BCUT2D eigenvalue weighted by Gasteiger charge is 2.24. The minimum Gasteiger partial charge on any atom is -0.496 e. The molecular formula is C13H10O2S. The van der Waals surface area contributed by atoms with E-state index in [1.165, 1.54) is 4.88 Å². The number of thiophene rings is 1. The summed E-state index contributed by atoms with van der Waals surface area (Å²) in [6.45, 7) is 2.06. The largest absolute Gasteiger partial charge is 0.496 e. The van der Waals surface area contributed by atoms with Gasteiger partial charge in [0.25, 0.3) is 0 Å². The van der Waals surface area contributed by atoms with Crippen LogP contribution in [0.1, 0.15) is 20.8 Å². The van der Waals surface area contributed by atoms with Crippen molar-refractivity contribution in [3.8, 4) is 0 Å². The molecule has 3 heteroatoms. The molecule has 0 amide bonds. The number of methoxy groups -OCH3 is 1. The zero-order chi connectivity index (χ0) is 11.3. The van der Waals surface area contributed by atoms with Crippen LogP contribution >= 0.6 is 11.3 Å². The van der Waals surface area contributed by atoms with Crippen molar-refractivity contribution in [1.29, 1.82) is 0 Å². The van der Waals surface area contributed by atoms with Crippen LogP contribution < -0.4 is 0 Å². The van der Waals surface area contributed by atoms with Gasteiger partial charge in [-0.25, -0.2) is 0 Å². The molecular weight excluding hydrogens is 220 g/mol. The van der Waals surface area contributed by atoms with E-state index in [0.29, 0.717) is 5.76 Å². The van der Waals surface area contributed by atoms with Crippen molar-refractivity contribution < 1.29 is 9.53 Å². The first kappa shape index (κ1) is 9.60. The molecule has 2 aromatic rings. The van der Waals surface area contributed by atoms with Crippen LogP contribution in [0, 0.1) is 6.92 Å². The van der Waals surface area contributed by atoms with Crippen LogP contribution in [0.2, 0.25) is 0 Å². The Morgan fingerprint density at radius 3 is 2.88 bits per heavy atom. The fraction of sp³-hybridized carbons (Fsp3) is 0.154. The van der Waals surface area contributed by atoms with Crippen LogP contribution in [0.3, 0.4) is 0 Å². The molecule has 0 saturated heterocycles.